The van der Waals surface area contributed by atoms with Crippen molar-refractivity contribution in [2.75, 3.05) is 26.9 Å². The standard InChI is InChI=1S/C19H23N3O4.2ClH/c1-24-16-2-4-17(5-3-16)26-19-10-14(6-7-21-19)12-22-18(23)11-15-13-25-9-8-20-15;;/h2-7,10,15,20H,8-9,11-13H2,1H3,(H,22,23);2*1H. The predicted octanol–water partition coefficient (Wildman–Crippen LogP) is 2.72. The number of amides is 1. The second-order valence-corrected chi connectivity index (χ2v) is 5.99. The van der Waals surface area contributed by atoms with Crippen molar-refractivity contribution in [1.82, 2.24) is 15.6 Å². The molecule has 1 aromatic carbocycles. The number of aromatic nitrogens is 1. The number of nitrogens with zero attached hydrogens (tertiary/aromatic N) is 1. The van der Waals surface area contributed by atoms with Crippen molar-refractivity contribution >= 4 is 30.7 Å². The summed E-state index contributed by atoms with van der Waals surface area (Å²) in [7, 11) is 1.62. The van der Waals surface area contributed by atoms with E-state index in [-0.39, 0.29) is 36.8 Å². The number of halogens is 2. The average molecular weight is 430 g/mol. The van der Waals surface area contributed by atoms with Crippen LogP contribution in [0.3, 0.4) is 0 Å². The van der Waals surface area contributed by atoms with Crippen LogP contribution in [0.5, 0.6) is 17.4 Å². The van der Waals surface area contributed by atoms with Gasteiger partial charge in [-0.15, -0.1) is 24.8 Å². The fraction of sp³-hybridized carbons (Fsp3) is 0.368. The van der Waals surface area contributed by atoms with E-state index in [1.807, 2.05) is 36.4 Å². The highest BCUT2D eigenvalue weighted by Crippen LogP contribution is 2.22. The van der Waals surface area contributed by atoms with Gasteiger partial charge in [-0.2, -0.15) is 0 Å². The van der Waals surface area contributed by atoms with E-state index in [9.17, 15) is 4.79 Å². The van der Waals surface area contributed by atoms with Crippen LogP contribution in [-0.2, 0) is 16.1 Å². The molecule has 3 rings (SSSR count). The lowest BCUT2D eigenvalue weighted by Crippen LogP contribution is -2.44. The van der Waals surface area contributed by atoms with Gasteiger partial charge in [-0.25, -0.2) is 4.98 Å². The number of hydrogen-bond donors (Lipinski definition) is 2. The Labute approximate surface area is 177 Å². The maximum Gasteiger partial charge on any atom is 0.221 e. The van der Waals surface area contributed by atoms with Crippen LogP contribution in [-0.4, -0.2) is 43.8 Å². The molecule has 0 radical (unpaired) electrons. The normalized spacial score (nSPS) is 15.5. The molecule has 154 valence electrons. The molecule has 0 bridgehead atoms. The molecule has 0 aliphatic carbocycles. The summed E-state index contributed by atoms with van der Waals surface area (Å²) in [6.07, 6.45) is 2.07. The van der Waals surface area contributed by atoms with Crippen molar-refractivity contribution in [3.63, 3.8) is 0 Å². The Morgan fingerprint density at radius 1 is 1.25 bits per heavy atom. The summed E-state index contributed by atoms with van der Waals surface area (Å²) >= 11 is 0. The van der Waals surface area contributed by atoms with Crippen LogP contribution in [0.25, 0.3) is 0 Å². The van der Waals surface area contributed by atoms with E-state index in [0.717, 1.165) is 17.9 Å². The first-order valence-electron chi connectivity index (χ1n) is 8.57. The molecule has 1 aliphatic heterocycles. The topological polar surface area (TPSA) is 81.7 Å². The monoisotopic (exact) mass is 429 g/mol. The number of hydrogen-bond acceptors (Lipinski definition) is 6. The summed E-state index contributed by atoms with van der Waals surface area (Å²) in [4.78, 5) is 16.3. The fourth-order valence-electron chi connectivity index (χ4n) is 2.63. The smallest absolute Gasteiger partial charge is 0.221 e. The molecule has 1 aromatic heterocycles. The number of carbonyl (C=O) groups is 1. The van der Waals surface area contributed by atoms with Gasteiger partial charge in [0.15, 0.2) is 0 Å². The number of pyridine rings is 1. The van der Waals surface area contributed by atoms with E-state index in [0.29, 0.717) is 37.8 Å². The van der Waals surface area contributed by atoms with E-state index in [1.165, 1.54) is 0 Å². The second kappa shape index (κ2) is 12.4. The van der Waals surface area contributed by atoms with Gasteiger partial charge in [0.25, 0.3) is 0 Å². The Morgan fingerprint density at radius 3 is 2.68 bits per heavy atom. The Balaban J connectivity index is 0.00000196. The lowest BCUT2D eigenvalue weighted by molar-refractivity contribution is -0.122. The van der Waals surface area contributed by atoms with Crippen molar-refractivity contribution < 1.29 is 19.0 Å². The number of ether oxygens (including phenoxy) is 3. The lowest BCUT2D eigenvalue weighted by Gasteiger charge is -2.23. The van der Waals surface area contributed by atoms with Gasteiger partial charge in [0.05, 0.1) is 20.3 Å². The van der Waals surface area contributed by atoms with E-state index in [4.69, 9.17) is 14.2 Å². The second-order valence-electron chi connectivity index (χ2n) is 5.99. The summed E-state index contributed by atoms with van der Waals surface area (Å²) in [6.45, 7) is 2.48. The third-order valence-electron chi connectivity index (χ3n) is 4.00. The zero-order valence-corrected chi connectivity index (χ0v) is 17.2. The van der Waals surface area contributed by atoms with Crippen LogP contribution in [0.1, 0.15) is 12.0 Å². The number of nitrogens with one attached hydrogen (secondary N) is 2. The summed E-state index contributed by atoms with van der Waals surface area (Å²) in [5, 5.41) is 6.19. The molecule has 1 atom stereocenters. The van der Waals surface area contributed by atoms with Gasteiger partial charge in [0.1, 0.15) is 11.5 Å². The van der Waals surface area contributed by atoms with E-state index in [2.05, 4.69) is 15.6 Å². The van der Waals surface area contributed by atoms with Gasteiger partial charge in [-0.1, -0.05) is 0 Å². The number of rotatable bonds is 7. The van der Waals surface area contributed by atoms with Gasteiger partial charge in [-0.05, 0) is 35.9 Å². The number of morpholine rings is 1. The van der Waals surface area contributed by atoms with E-state index < -0.39 is 0 Å². The molecule has 0 spiro atoms. The molecule has 2 heterocycles. The molecule has 1 fully saturated rings. The van der Waals surface area contributed by atoms with Crippen molar-refractivity contribution in [2.45, 2.75) is 19.0 Å². The van der Waals surface area contributed by atoms with Crippen molar-refractivity contribution in [3.05, 3.63) is 48.2 Å². The Bertz CT molecular complexity index is 725. The minimum absolute atomic E-state index is 0. The van der Waals surface area contributed by atoms with Crippen LogP contribution in [0, 0.1) is 0 Å². The first-order chi connectivity index (χ1) is 12.7. The zero-order chi connectivity index (χ0) is 18.2. The van der Waals surface area contributed by atoms with E-state index >= 15 is 0 Å². The molecular formula is C19H25Cl2N3O4. The highest BCUT2D eigenvalue weighted by atomic mass is 35.5. The number of methoxy groups -OCH3 is 1. The summed E-state index contributed by atoms with van der Waals surface area (Å²) in [6, 6.07) is 11.0. The quantitative estimate of drug-likeness (QED) is 0.703. The molecule has 2 N–H and O–H groups in total. The molecule has 1 saturated heterocycles. The predicted molar refractivity (Wildman–Crippen MR) is 111 cm³/mol. The molecule has 1 amide bonds. The van der Waals surface area contributed by atoms with Crippen LogP contribution in [0.2, 0.25) is 0 Å². The molecule has 2 aromatic rings. The Kier molecular flexibility index (Phi) is 10.6. The summed E-state index contributed by atoms with van der Waals surface area (Å²) < 4.78 is 16.2. The van der Waals surface area contributed by atoms with Crippen molar-refractivity contribution in [3.8, 4) is 17.4 Å². The van der Waals surface area contributed by atoms with Crippen LogP contribution >= 0.6 is 24.8 Å². The first kappa shape index (κ1) is 24.0. The number of benzene rings is 1. The SMILES string of the molecule is COc1ccc(Oc2cc(CNC(=O)CC3COCCN3)ccn2)cc1.Cl.Cl. The van der Waals surface area contributed by atoms with Crippen molar-refractivity contribution in [2.24, 2.45) is 0 Å². The van der Waals surface area contributed by atoms with Gasteiger partial charge < -0.3 is 24.8 Å². The number of carbonyl (C=O) groups excluding carboxylic acids is 1. The third-order valence-corrected chi connectivity index (χ3v) is 4.00. The molecule has 9 heteroatoms. The maximum absolute atomic E-state index is 12.1. The molecule has 7 nitrogen and oxygen atoms in total. The molecular weight excluding hydrogens is 405 g/mol. The van der Waals surface area contributed by atoms with Crippen LogP contribution in [0.4, 0.5) is 0 Å². The third kappa shape index (κ3) is 7.52. The van der Waals surface area contributed by atoms with Gasteiger partial charge in [0, 0.05) is 37.8 Å². The first-order valence-corrected chi connectivity index (χ1v) is 8.57. The largest absolute Gasteiger partial charge is 0.497 e. The molecule has 1 aliphatic rings. The lowest BCUT2D eigenvalue weighted by atomic mass is 10.2. The average Bonchev–Trinajstić information content (AvgIpc) is 2.68. The molecule has 0 saturated carbocycles. The summed E-state index contributed by atoms with van der Waals surface area (Å²) in [5.74, 6) is 1.90. The fourth-order valence-corrected chi connectivity index (χ4v) is 2.63. The Hall–Kier alpha value is -2.06. The van der Waals surface area contributed by atoms with Crippen LogP contribution < -0.4 is 20.1 Å². The zero-order valence-electron chi connectivity index (χ0n) is 15.6. The van der Waals surface area contributed by atoms with Gasteiger partial charge in [-0.3, -0.25) is 4.79 Å². The van der Waals surface area contributed by atoms with Crippen molar-refractivity contribution in [1.29, 1.82) is 0 Å². The highest BCUT2D eigenvalue weighted by Gasteiger charge is 2.16. The van der Waals surface area contributed by atoms with Gasteiger partial charge >= 0.3 is 0 Å². The van der Waals surface area contributed by atoms with Gasteiger partial charge in [0.2, 0.25) is 11.8 Å². The van der Waals surface area contributed by atoms with Crippen LogP contribution in [0.15, 0.2) is 42.6 Å². The van der Waals surface area contributed by atoms with E-state index in [1.54, 1.807) is 13.3 Å². The molecule has 28 heavy (non-hydrogen) atoms. The summed E-state index contributed by atoms with van der Waals surface area (Å²) in [5.41, 5.74) is 0.921. The highest BCUT2D eigenvalue weighted by molar-refractivity contribution is 5.85. The molecule has 1 unspecified atom stereocenters. The Morgan fingerprint density at radius 2 is 2.00 bits per heavy atom. The minimum atomic E-state index is -0.0116. The maximum atomic E-state index is 12.1. The minimum Gasteiger partial charge on any atom is -0.497 e.